The van der Waals surface area contributed by atoms with Gasteiger partial charge in [0.25, 0.3) is 0 Å². The molecule has 0 amide bonds. The average molecular weight is 148 g/mol. The van der Waals surface area contributed by atoms with E-state index in [0.29, 0.717) is 5.75 Å². The summed E-state index contributed by atoms with van der Waals surface area (Å²) in [6.07, 6.45) is 0. The molecular weight excluding hydrogens is 142 g/mol. The maximum Gasteiger partial charge on any atom is 0.542 e. The third-order valence-corrected chi connectivity index (χ3v) is 1.22. The quantitative estimate of drug-likeness (QED) is 0.470. The van der Waals surface area contributed by atoms with Crippen LogP contribution in [0, 0.1) is 0 Å². The summed E-state index contributed by atoms with van der Waals surface area (Å²) in [5.74, 6) is 0.644. The Morgan fingerprint density at radius 2 is 1.80 bits per heavy atom. The van der Waals surface area contributed by atoms with Crippen molar-refractivity contribution in [3.63, 3.8) is 0 Å². The largest absolute Gasteiger partial charge is 0.542 e. The average Bonchev–Trinajstić information content (AvgIpc) is 1.91. The smallest absolute Gasteiger partial charge is 0.256 e. The molecular formula is C6H6LiO2P+. The van der Waals surface area contributed by atoms with Crippen molar-refractivity contribution in [1.29, 1.82) is 0 Å². The van der Waals surface area contributed by atoms with Gasteiger partial charge in [-0.05, 0) is 16.7 Å². The molecule has 1 atom stereocenters. The van der Waals surface area contributed by atoms with E-state index in [4.69, 9.17) is 0 Å². The topological polar surface area (TPSA) is 26.3 Å². The summed E-state index contributed by atoms with van der Waals surface area (Å²) in [6, 6.07) is 9.04. The maximum absolute atomic E-state index is 9.90. The first kappa shape index (κ1) is 9.72. The molecule has 10 heavy (non-hydrogen) atoms. The van der Waals surface area contributed by atoms with Gasteiger partial charge in [0.1, 0.15) is 0 Å². The Hall–Kier alpha value is -0.283. The minimum Gasteiger partial charge on any atom is -0.256 e. The van der Waals surface area contributed by atoms with Crippen LogP contribution in [0.1, 0.15) is 0 Å². The van der Waals surface area contributed by atoms with Gasteiger partial charge in [-0.3, -0.25) is 4.52 Å². The van der Waals surface area contributed by atoms with Gasteiger partial charge >= 0.3 is 8.69 Å². The van der Waals surface area contributed by atoms with Crippen LogP contribution >= 0.6 is 8.69 Å². The van der Waals surface area contributed by atoms with E-state index in [1.807, 2.05) is 18.2 Å². The Kier molecular flexibility index (Phi) is 5.34. The zero-order valence-corrected chi connectivity index (χ0v) is 6.70. The summed E-state index contributed by atoms with van der Waals surface area (Å²) in [5, 5.41) is 0. The van der Waals surface area contributed by atoms with Gasteiger partial charge in [0.2, 0.25) is 0 Å². The van der Waals surface area contributed by atoms with E-state index in [1.54, 1.807) is 12.1 Å². The van der Waals surface area contributed by atoms with Gasteiger partial charge in [-0.15, -0.1) is 0 Å². The van der Waals surface area contributed by atoms with E-state index < -0.39 is 8.69 Å². The molecule has 0 aromatic heterocycles. The number of hydrogen-bond donors (Lipinski definition) is 0. The number of para-hydroxylation sites is 1. The first-order valence-electron chi connectivity index (χ1n) is 2.52. The molecule has 0 aliphatic carbocycles. The fourth-order valence-electron chi connectivity index (χ4n) is 0.537. The molecule has 1 aromatic carbocycles. The second-order valence-corrected chi connectivity index (χ2v) is 1.87. The van der Waals surface area contributed by atoms with Crippen molar-refractivity contribution in [2.45, 2.75) is 0 Å². The first-order chi connectivity index (χ1) is 4.43. The van der Waals surface area contributed by atoms with E-state index in [0.717, 1.165) is 0 Å². The van der Waals surface area contributed by atoms with Crippen molar-refractivity contribution in [3.8, 4) is 5.75 Å². The molecule has 0 N–H and O–H groups in total. The molecule has 0 spiro atoms. The summed E-state index contributed by atoms with van der Waals surface area (Å²) in [4.78, 5) is 0. The fraction of sp³-hybridized carbons (Fsp3) is 0. The van der Waals surface area contributed by atoms with Crippen molar-refractivity contribution in [2.24, 2.45) is 0 Å². The third kappa shape index (κ3) is 3.03. The van der Waals surface area contributed by atoms with Gasteiger partial charge in [0.15, 0.2) is 5.75 Å². The standard InChI is InChI=1S/C6H6O2P.Li/c7-9-8-6-4-2-1-3-5-6;/h1-5,9H;/q+1;. The molecule has 0 saturated heterocycles. The fourth-order valence-corrected chi connectivity index (χ4v) is 0.769. The minimum atomic E-state index is -0.715. The summed E-state index contributed by atoms with van der Waals surface area (Å²) >= 11 is 0. The molecule has 0 heterocycles. The Balaban J connectivity index is 0.000000810. The van der Waals surface area contributed by atoms with Crippen LogP contribution in [-0.4, -0.2) is 18.9 Å². The van der Waals surface area contributed by atoms with Crippen molar-refractivity contribution in [3.05, 3.63) is 30.3 Å². The predicted octanol–water partition coefficient (Wildman–Crippen LogP) is 1.62. The van der Waals surface area contributed by atoms with E-state index in [9.17, 15) is 4.57 Å². The van der Waals surface area contributed by atoms with E-state index >= 15 is 0 Å². The van der Waals surface area contributed by atoms with E-state index in [1.165, 1.54) is 0 Å². The van der Waals surface area contributed by atoms with Gasteiger partial charge in [-0.2, -0.15) is 0 Å². The van der Waals surface area contributed by atoms with Crippen LogP contribution in [-0.2, 0) is 4.57 Å². The van der Waals surface area contributed by atoms with Crippen LogP contribution in [0.3, 0.4) is 0 Å². The summed E-state index contributed by atoms with van der Waals surface area (Å²) < 4.78 is 14.6. The second kappa shape index (κ2) is 5.50. The maximum atomic E-state index is 9.90. The molecule has 1 aromatic rings. The normalized spacial score (nSPS) is 8.40. The Morgan fingerprint density at radius 1 is 1.20 bits per heavy atom. The Morgan fingerprint density at radius 3 is 2.30 bits per heavy atom. The van der Waals surface area contributed by atoms with Crippen molar-refractivity contribution in [2.75, 3.05) is 0 Å². The van der Waals surface area contributed by atoms with Crippen LogP contribution in [0.25, 0.3) is 0 Å². The van der Waals surface area contributed by atoms with Gasteiger partial charge in [0, 0.05) is 18.9 Å². The van der Waals surface area contributed by atoms with Crippen LogP contribution < -0.4 is 4.52 Å². The van der Waals surface area contributed by atoms with E-state index in [2.05, 4.69) is 4.52 Å². The number of rotatable bonds is 2. The monoisotopic (exact) mass is 148 g/mol. The van der Waals surface area contributed by atoms with Crippen molar-refractivity contribution >= 4 is 27.5 Å². The van der Waals surface area contributed by atoms with Crippen LogP contribution in [0.15, 0.2) is 30.3 Å². The molecule has 0 bridgehead atoms. The third-order valence-electron chi connectivity index (χ3n) is 0.903. The SMILES string of the molecule is O=[PH+]Oc1ccccc1.[Li]. The zero-order chi connectivity index (χ0) is 6.53. The first-order valence-corrected chi connectivity index (χ1v) is 3.34. The Labute approximate surface area is 73.0 Å². The molecule has 1 unspecified atom stereocenters. The summed E-state index contributed by atoms with van der Waals surface area (Å²) in [6.45, 7) is 0. The van der Waals surface area contributed by atoms with Gasteiger partial charge in [0.05, 0.1) is 0 Å². The molecule has 0 aliphatic heterocycles. The number of hydrogen-bond acceptors (Lipinski definition) is 2. The molecule has 1 rings (SSSR count). The van der Waals surface area contributed by atoms with Crippen LogP contribution in [0.4, 0.5) is 0 Å². The van der Waals surface area contributed by atoms with Crippen molar-refractivity contribution < 1.29 is 9.09 Å². The van der Waals surface area contributed by atoms with Gasteiger partial charge in [-0.1, -0.05) is 18.2 Å². The molecule has 0 saturated carbocycles. The van der Waals surface area contributed by atoms with Gasteiger partial charge < -0.3 is 0 Å². The molecule has 4 heteroatoms. The second-order valence-electron chi connectivity index (χ2n) is 1.50. The molecule has 1 radical (unpaired) electrons. The summed E-state index contributed by atoms with van der Waals surface area (Å²) in [7, 11) is -0.715. The zero-order valence-electron chi connectivity index (χ0n) is 5.70. The molecule has 0 aliphatic rings. The van der Waals surface area contributed by atoms with Gasteiger partial charge in [-0.25, -0.2) is 0 Å². The summed E-state index contributed by atoms with van der Waals surface area (Å²) in [5.41, 5.74) is 0. The number of benzene rings is 1. The molecule has 0 fully saturated rings. The molecule has 47 valence electrons. The van der Waals surface area contributed by atoms with Crippen LogP contribution in [0.2, 0.25) is 0 Å². The predicted molar refractivity (Wildman–Crippen MR) is 41.8 cm³/mol. The Bertz CT molecular complexity index is 190. The van der Waals surface area contributed by atoms with Crippen molar-refractivity contribution in [1.82, 2.24) is 0 Å². The van der Waals surface area contributed by atoms with E-state index in [-0.39, 0.29) is 18.9 Å². The van der Waals surface area contributed by atoms with Crippen LogP contribution in [0.5, 0.6) is 5.75 Å². The molecule has 2 nitrogen and oxygen atoms in total. The minimum absolute atomic E-state index is 0.